The molecule has 1 N–H and O–H groups in total. The summed E-state index contributed by atoms with van der Waals surface area (Å²) < 4.78 is 5.63. The van der Waals surface area contributed by atoms with Gasteiger partial charge in [0.1, 0.15) is 5.75 Å². The molecule has 0 saturated heterocycles. The van der Waals surface area contributed by atoms with Crippen molar-refractivity contribution in [2.24, 2.45) is 0 Å². The van der Waals surface area contributed by atoms with Gasteiger partial charge in [0.2, 0.25) is 0 Å². The molecule has 0 aliphatic carbocycles. The summed E-state index contributed by atoms with van der Waals surface area (Å²) in [6.45, 7) is 0.540. The van der Waals surface area contributed by atoms with Crippen molar-refractivity contribution in [3.8, 4) is 5.75 Å². The van der Waals surface area contributed by atoms with Gasteiger partial charge in [0.05, 0.1) is 11.5 Å². The number of nitrogens with zero attached hydrogens (tertiary/aromatic N) is 1. The minimum absolute atomic E-state index is 0.0692. The predicted molar refractivity (Wildman–Crippen MR) is 81.5 cm³/mol. The zero-order valence-electron chi connectivity index (χ0n) is 11.9. The first-order chi connectivity index (χ1) is 10.2. The van der Waals surface area contributed by atoms with E-state index in [-0.39, 0.29) is 11.7 Å². The highest BCUT2D eigenvalue weighted by Gasteiger charge is 2.09. The van der Waals surface area contributed by atoms with Gasteiger partial charge in [-0.2, -0.15) is 0 Å². The monoisotopic (exact) mass is 286 g/mol. The minimum Gasteiger partial charge on any atom is -0.494 e. The van der Waals surface area contributed by atoms with Crippen molar-refractivity contribution in [1.82, 2.24) is 5.32 Å². The summed E-state index contributed by atoms with van der Waals surface area (Å²) >= 11 is 0. The zero-order chi connectivity index (χ0) is 15.1. The highest BCUT2D eigenvalue weighted by atomic mass is 16.6. The van der Waals surface area contributed by atoms with Crippen LogP contribution in [0, 0.1) is 10.1 Å². The molecular formula is C16H18N2O3. The van der Waals surface area contributed by atoms with Crippen LogP contribution in [0.25, 0.3) is 0 Å². The van der Waals surface area contributed by atoms with Gasteiger partial charge in [0.25, 0.3) is 5.69 Å². The molecule has 0 heterocycles. The third-order valence-corrected chi connectivity index (χ3v) is 3.27. The van der Waals surface area contributed by atoms with Gasteiger partial charge in [-0.05, 0) is 24.7 Å². The van der Waals surface area contributed by atoms with Gasteiger partial charge in [-0.15, -0.1) is 0 Å². The Balaban J connectivity index is 1.87. The fraction of sp³-hybridized carbons (Fsp3) is 0.250. The van der Waals surface area contributed by atoms with Gasteiger partial charge in [0.15, 0.2) is 0 Å². The van der Waals surface area contributed by atoms with Crippen molar-refractivity contribution in [3.05, 3.63) is 70.3 Å². The van der Waals surface area contributed by atoms with E-state index in [9.17, 15) is 10.1 Å². The Labute approximate surface area is 123 Å². The SMILES string of the molecule is CNC(CCOc1ccc([N+](=O)[O-])cc1)c1ccccc1. The quantitative estimate of drug-likeness (QED) is 0.626. The number of hydrogen-bond donors (Lipinski definition) is 1. The van der Waals surface area contributed by atoms with E-state index >= 15 is 0 Å². The van der Waals surface area contributed by atoms with Crippen molar-refractivity contribution >= 4 is 5.69 Å². The maximum Gasteiger partial charge on any atom is 0.269 e. The smallest absolute Gasteiger partial charge is 0.269 e. The third kappa shape index (κ3) is 4.29. The molecule has 2 aromatic rings. The van der Waals surface area contributed by atoms with E-state index < -0.39 is 4.92 Å². The van der Waals surface area contributed by atoms with Crippen LogP contribution in [0.15, 0.2) is 54.6 Å². The first kappa shape index (κ1) is 15.0. The van der Waals surface area contributed by atoms with Crippen molar-refractivity contribution in [2.45, 2.75) is 12.5 Å². The van der Waals surface area contributed by atoms with Crippen LogP contribution in [0.2, 0.25) is 0 Å². The molecular weight excluding hydrogens is 268 g/mol. The molecule has 5 heteroatoms. The number of nitrogens with one attached hydrogen (secondary N) is 1. The van der Waals surface area contributed by atoms with Crippen LogP contribution in [0.3, 0.4) is 0 Å². The van der Waals surface area contributed by atoms with Gasteiger partial charge in [-0.3, -0.25) is 10.1 Å². The topological polar surface area (TPSA) is 64.4 Å². The molecule has 0 saturated carbocycles. The van der Waals surface area contributed by atoms with Crippen molar-refractivity contribution in [2.75, 3.05) is 13.7 Å². The molecule has 0 spiro atoms. The first-order valence-corrected chi connectivity index (χ1v) is 6.80. The Morgan fingerprint density at radius 3 is 2.38 bits per heavy atom. The fourth-order valence-electron chi connectivity index (χ4n) is 2.12. The van der Waals surface area contributed by atoms with Crippen LogP contribution in [-0.4, -0.2) is 18.6 Å². The molecule has 110 valence electrons. The lowest BCUT2D eigenvalue weighted by atomic mass is 10.0. The Hall–Kier alpha value is -2.40. The van der Waals surface area contributed by atoms with E-state index in [1.54, 1.807) is 12.1 Å². The number of ether oxygens (including phenoxy) is 1. The lowest BCUT2D eigenvalue weighted by molar-refractivity contribution is -0.384. The predicted octanol–water partition coefficient (Wildman–Crippen LogP) is 3.32. The number of nitro benzene ring substituents is 1. The summed E-state index contributed by atoms with van der Waals surface area (Å²) in [4.78, 5) is 10.1. The Bertz CT molecular complexity index is 570. The van der Waals surface area contributed by atoms with Gasteiger partial charge >= 0.3 is 0 Å². The summed E-state index contributed by atoms with van der Waals surface area (Å²) in [5.41, 5.74) is 1.28. The molecule has 0 aliphatic heterocycles. The van der Waals surface area contributed by atoms with E-state index in [0.29, 0.717) is 12.4 Å². The maximum atomic E-state index is 10.6. The average Bonchev–Trinajstić information content (AvgIpc) is 2.53. The molecule has 1 atom stereocenters. The van der Waals surface area contributed by atoms with Crippen molar-refractivity contribution in [3.63, 3.8) is 0 Å². The number of benzene rings is 2. The second-order valence-electron chi connectivity index (χ2n) is 4.64. The second kappa shape index (κ2) is 7.40. The number of hydrogen-bond acceptors (Lipinski definition) is 4. The highest BCUT2D eigenvalue weighted by molar-refractivity contribution is 5.35. The molecule has 5 nitrogen and oxygen atoms in total. The summed E-state index contributed by atoms with van der Waals surface area (Å²) in [5, 5.41) is 13.8. The highest BCUT2D eigenvalue weighted by Crippen LogP contribution is 2.19. The van der Waals surface area contributed by atoms with Crippen LogP contribution < -0.4 is 10.1 Å². The van der Waals surface area contributed by atoms with Crippen LogP contribution in [0.4, 0.5) is 5.69 Å². The summed E-state index contributed by atoms with van der Waals surface area (Å²) in [7, 11) is 1.92. The molecule has 0 fully saturated rings. The van der Waals surface area contributed by atoms with E-state index in [2.05, 4.69) is 17.4 Å². The lowest BCUT2D eigenvalue weighted by Crippen LogP contribution is -2.18. The Morgan fingerprint density at radius 1 is 1.14 bits per heavy atom. The third-order valence-electron chi connectivity index (χ3n) is 3.27. The van der Waals surface area contributed by atoms with Crippen LogP contribution in [-0.2, 0) is 0 Å². The Kier molecular flexibility index (Phi) is 5.29. The van der Waals surface area contributed by atoms with Gasteiger partial charge < -0.3 is 10.1 Å². The molecule has 2 aromatic carbocycles. The van der Waals surface area contributed by atoms with Crippen LogP contribution >= 0.6 is 0 Å². The normalized spacial score (nSPS) is 11.9. The average molecular weight is 286 g/mol. The minimum atomic E-state index is -0.420. The summed E-state index contributed by atoms with van der Waals surface area (Å²) in [5.74, 6) is 0.642. The van der Waals surface area contributed by atoms with Crippen molar-refractivity contribution < 1.29 is 9.66 Å². The summed E-state index contributed by atoms with van der Waals surface area (Å²) in [6.07, 6.45) is 0.817. The standard InChI is InChI=1S/C16H18N2O3/c1-17-16(13-5-3-2-4-6-13)11-12-21-15-9-7-14(8-10-15)18(19)20/h2-10,16-17H,11-12H2,1H3. The number of nitro groups is 1. The van der Waals surface area contributed by atoms with Gasteiger partial charge in [-0.25, -0.2) is 0 Å². The summed E-state index contributed by atoms with van der Waals surface area (Å²) in [6, 6.07) is 16.5. The molecule has 0 aromatic heterocycles. The fourth-order valence-corrected chi connectivity index (χ4v) is 2.12. The lowest BCUT2D eigenvalue weighted by Gasteiger charge is -2.16. The number of rotatable bonds is 7. The molecule has 21 heavy (non-hydrogen) atoms. The maximum absolute atomic E-state index is 10.6. The van der Waals surface area contributed by atoms with Crippen LogP contribution in [0.1, 0.15) is 18.0 Å². The molecule has 0 amide bonds. The Morgan fingerprint density at radius 2 is 1.81 bits per heavy atom. The first-order valence-electron chi connectivity index (χ1n) is 6.80. The van der Waals surface area contributed by atoms with E-state index in [4.69, 9.17) is 4.74 Å². The van der Waals surface area contributed by atoms with Crippen LogP contribution in [0.5, 0.6) is 5.75 Å². The molecule has 0 radical (unpaired) electrons. The van der Waals surface area contributed by atoms with E-state index in [0.717, 1.165) is 6.42 Å². The molecule has 0 bridgehead atoms. The van der Waals surface area contributed by atoms with Gasteiger partial charge in [0, 0.05) is 24.6 Å². The van der Waals surface area contributed by atoms with Crippen molar-refractivity contribution in [1.29, 1.82) is 0 Å². The molecule has 0 aliphatic rings. The second-order valence-corrected chi connectivity index (χ2v) is 4.64. The molecule has 1 unspecified atom stereocenters. The largest absolute Gasteiger partial charge is 0.494 e. The van der Waals surface area contributed by atoms with Gasteiger partial charge in [-0.1, -0.05) is 30.3 Å². The molecule has 2 rings (SSSR count). The van der Waals surface area contributed by atoms with E-state index in [1.165, 1.54) is 17.7 Å². The van der Waals surface area contributed by atoms with E-state index in [1.807, 2.05) is 25.2 Å². The zero-order valence-corrected chi connectivity index (χ0v) is 11.9. The number of non-ortho nitro benzene ring substituents is 1.